The van der Waals surface area contributed by atoms with E-state index in [4.69, 9.17) is 26.8 Å². The van der Waals surface area contributed by atoms with Crippen molar-refractivity contribution in [3.8, 4) is 11.5 Å². The van der Waals surface area contributed by atoms with Crippen LogP contribution >= 0.6 is 11.6 Å². The van der Waals surface area contributed by atoms with E-state index in [1.165, 1.54) is 14.2 Å². The molecule has 0 spiro atoms. The number of ketones is 1. The first-order valence-electron chi connectivity index (χ1n) is 5.88. The highest BCUT2D eigenvalue weighted by Crippen LogP contribution is 2.28. The number of rotatable bonds is 4. The zero-order valence-corrected chi connectivity index (χ0v) is 11.9. The molecule has 2 aromatic rings. The first-order valence-corrected chi connectivity index (χ1v) is 6.26. The molecule has 4 nitrogen and oxygen atoms in total. The van der Waals surface area contributed by atoms with Crippen molar-refractivity contribution in [1.29, 1.82) is 0 Å². The first kappa shape index (κ1) is 14.2. The van der Waals surface area contributed by atoms with Crippen molar-refractivity contribution < 1.29 is 14.3 Å². The SMILES string of the molecule is COc1ccc(C(=O)c2cc(N)ccc2OC)cc1Cl. The van der Waals surface area contributed by atoms with Gasteiger partial charge in [-0.3, -0.25) is 4.79 Å². The van der Waals surface area contributed by atoms with Crippen molar-refractivity contribution in [2.75, 3.05) is 20.0 Å². The largest absolute Gasteiger partial charge is 0.496 e. The Bertz CT molecular complexity index is 656. The quantitative estimate of drug-likeness (QED) is 0.694. The molecule has 0 aromatic heterocycles. The van der Waals surface area contributed by atoms with Crippen LogP contribution in [0.2, 0.25) is 5.02 Å². The Morgan fingerprint density at radius 2 is 1.70 bits per heavy atom. The summed E-state index contributed by atoms with van der Waals surface area (Å²) < 4.78 is 10.2. The third-order valence-corrected chi connectivity index (χ3v) is 3.18. The van der Waals surface area contributed by atoms with E-state index >= 15 is 0 Å². The molecule has 0 unspecified atom stereocenters. The monoisotopic (exact) mass is 291 g/mol. The van der Waals surface area contributed by atoms with Gasteiger partial charge < -0.3 is 15.2 Å². The lowest BCUT2D eigenvalue weighted by Gasteiger charge is -2.10. The van der Waals surface area contributed by atoms with Crippen molar-refractivity contribution in [3.05, 3.63) is 52.5 Å². The first-order chi connectivity index (χ1) is 9.56. The Morgan fingerprint density at radius 1 is 1.05 bits per heavy atom. The van der Waals surface area contributed by atoms with E-state index in [2.05, 4.69) is 0 Å². The lowest BCUT2D eigenvalue weighted by molar-refractivity contribution is 0.103. The maximum Gasteiger partial charge on any atom is 0.196 e. The number of halogens is 1. The number of nitrogens with two attached hydrogens (primary N) is 1. The van der Waals surface area contributed by atoms with E-state index < -0.39 is 0 Å². The van der Waals surface area contributed by atoms with Gasteiger partial charge in [-0.05, 0) is 36.4 Å². The van der Waals surface area contributed by atoms with Gasteiger partial charge in [-0.1, -0.05) is 11.6 Å². The Morgan fingerprint density at radius 3 is 2.30 bits per heavy atom. The lowest BCUT2D eigenvalue weighted by Crippen LogP contribution is -2.05. The Kier molecular flexibility index (Phi) is 4.15. The fourth-order valence-electron chi connectivity index (χ4n) is 1.87. The van der Waals surface area contributed by atoms with Crippen LogP contribution in [0.1, 0.15) is 15.9 Å². The van der Waals surface area contributed by atoms with E-state index in [1.54, 1.807) is 36.4 Å². The molecule has 0 saturated carbocycles. The number of hydrogen-bond donors (Lipinski definition) is 1. The lowest BCUT2D eigenvalue weighted by atomic mass is 10.0. The molecule has 2 rings (SSSR count). The summed E-state index contributed by atoms with van der Waals surface area (Å²) in [6, 6.07) is 9.78. The average Bonchev–Trinajstić information content (AvgIpc) is 2.46. The summed E-state index contributed by atoms with van der Waals surface area (Å²) in [5.41, 5.74) is 7.06. The Hall–Kier alpha value is -2.20. The van der Waals surface area contributed by atoms with Crippen molar-refractivity contribution in [2.45, 2.75) is 0 Å². The highest BCUT2D eigenvalue weighted by atomic mass is 35.5. The van der Waals surface area contributed by atoms with Crippen LogP contribution in [0.5, 0.6) is 11.5 Å². The van der Waals surface area contributed by atoms with Crippen LogP contribution in [0.3, 0.4) is 0 Å². The highest BCUT2D eigenvalue weighted by Gasteiger charge is 2.16. The summed E-state index contributed by atoms with van der Waals surface area (Å²) in [4.78, 5) is 12.5. The van der Waals surface area contributed by atoms with Crippen molar-refractivity contribution in [1.82, 2.24) is 0 Å². The maximum absolute atomic E-state index is 12.5. The minimum Gasteiger partial charge on any atom is -0.496 e. The normalized spacial score (nSPS) is 10.2. The second-order valence-electron chi connectivity index (χ2n) is 4.14. The van der Waals surface area contributed by atoms with Crippen LogP contribution in [0.25, 0.3) is 0 Å². The average molecular weight is 292 g/mol. The van der Waals surface area contributed by atoms with Gasteiger partial charge in [0.2, 0.25) is 0 Å². The van der Waals surface area contributed by atoms with E-state index in [-0.39, 0.29) is 5.78 Å². The highest BCUT2D eigenvalue weighted by molar-refractivity contribution is 6.32. The fourth-order valence-corrected chi connectivity index (χ4v) is 2.12. The topological polar surface area (TPSA) is 61.5 Å². The van der Waals surface area contributed by atoms with Crippen molar-refractivity contribution in [2.24, 2.45) is 0 Å². The molecule has 0 atom stereocenters. The summed E-state index contributed by atoms with van der Waals surface area (Å²) in [6.07, 6.45) is 0. The maximum atomic E-state index is 12.5. The van der Waals surface area contributed by atoms with Gasteiger partial charge in [0.05, 0.1) is 24.8 Å². The molecule has 0 aliphatic heterocycles. The number of benzene rings is 2. The molecule has 0 saturated heterocycles. The van der Waals surface area contributed by atoms with Crippen molar-refractivity contribution >= 4 is 23.1 Å². The smallest absolute Gasteiger partial charge is 0.196 e. The Labute approximate surface area is 122 Å². The number of ether oxygens (including phenoxy) is 2. The zero-order chi connectivity index (χ0) is 14.7. The van der Waals surface area contributed by atoms with Crippen LogP contribution in [-0.2, 0) is 0 Å². The van der Waals surface area contributed by atoms with Crippen LogP contribution in [0.15, 0.2) is 36.4 Å². The van der Waals surface area contributed by atoms with E-state index in [1.807, 2.05) is 0 Å². The summed E-state index contributed by atoms with van der Waals surface area (Å²) in [7, 11) is 3.02. The van der Waals surface area contributed by atoms with Gasteiger partial charge in [0.15, 0.2) is 5.78 Å². The number of nitrogen functional groups attached to an aromatic ring is 1. The fraction of sp³-hybridized carbons (Fsp3) is 0.133. The molecule has 0 aliphatic carbocycles. The van der Waals surface area contributed by atoms with Crippen molar-refractivity contribution in [3.63, 3.8) is 0 Å². The standard InChI is InChI=1S/C15H14ClNO3/c1-19-13-6-4-10(17)8-11(13)15(18)9-3-5-14(20-2)12(16)7-9/h3-8H,17H2,1-2H3. The molecule has 104 valence electrons. The number of methoxy groups -OCH3 is 2. The zero-order valence-electron chi connectivity index (χ0n) is 11.1. The van der Waals surface area contributed by atoms with Crippen LogP contribution < -0.4 is 15.2 Å². The molecular formula is C15H14ClNO3. The van der Waals surface area contributed by atoms with Gasteiger partial charge in [0.25, 0.3) is 0 Å². The predicted molar refractivity (Wildman–Crippen MR) is 78.8 cm³/mol. The molecule has 5 heteroatoms. The molecule has 0 amide bonds. The second kappa shape index (κ2) is 5.84. The van der Waals surface area contributed by atoms with Gasteiger partial charge in [-0.2, -0.15) is 0 Å². The van der Waals surface area contributed by atoms with Gasteiger partial charge in [-0.15, -0.1) is 0 Å². The summed E-state index contributed by atoms with van der Waals surface area (Å²) in [5, 5.41) is 0.376. The second-order valence-corrected chi connectivity index (χ2v) is 4.55. The Balaban J connectivity index is 2.46. The minimum atomic E-state index is -0.210. The van der Waals surface area contributed by atoms with E-state index in [9.17, 15) is 4.79 Å². The number of hydrogen-bond acceptors (Lipinski definition) is 4. The molecule has 0 bridgehead atoms. The minimum absolute atomic E-state index is 0.210. The third kappa shape index (κ3) is 2.70. The number of anilines is 1. The predicted octanol–water partition coefficient (Wildman–Crippen LogP) is 3.17. The summed E-state index contributed by atoms with van der Waals surface area (Å²) >= 11 is 6.03. The molecule has 20 heavy (non-hydrogen) atoms. The molecule has 2 N–H and O–H groups in total. The van der Waals surface area contributed by atoms with Crippen LogP contribution in [-0.4, -0.2) is 20.0 Å². The molecule has 0 fully saturated rings. The van der Waals surface area contributed by atoms with Gasteiger partial charge in [0, 0.05) is 11.3 Å². The van der Waals surface area contributed by atoms with Crippen LogP contribution in [0, 0.1) is 0 Å². The van der Waals surface area contributed by atoms with Gasteiger partial charge in [-0.25, -0.2) is 0 Å². The van der Waals surface area contributed by atoms with Crippen LogP contribution in [0.4, 0.5) is 5.69 Å². The summed E-state index contributed by atoms with van der Waals surface area (Å²) in [5.74, 6) is 0.776. The van der Waals surface area contributed by atoms with E-state index in [0.717, 1.165) is 0 Å². The van der Waals surface area contributed by atoms with E-state index in [0.29, 0.717) is 33.3 Å². The van der Waals surface area contributed by atoms with Gasteiger partial charge >= 0.3 is 0 Å². The molecule has 0 radical (unpaired) electrons. The number of carbonyl (C=O) groups excluding carboxylic acids is 1. The summed E-state index contributed by atoms with van der Waals surface area (Å²) in [6.45, 7) is 0. The molecule has 0 aliphatic rings. The number of carbonyl (C=O) groups is 1. The third-order valence-electron chi connectivity index (χ3n) is 2.88. The molecule has 0 heterocycles. The van der Waals surface area contributed by atoms with Gasteiger partial charge in [0.1, 0.15) is 11.5 Å². The molecule has 2 aromatic carbocycles. The molecular weight excluding hydrogens is 278 g/mol.